The fourth-order valence-electron chi connectivity index (χ4n) is 3.41. The van der Waals surface area contributed by atoms with Crippen LogP contribution in [0.2, 0.25) is 0 Å². The number of rotatable bonds is 7. The van der Waals surface area contributed by atoms with E-state index < -0.39 is 0 Å². The van der Waals surface area contributed by atoms with E-state index in [-0.39, 0.29) is 24.2 Å². The van der Waals surface area contributed by atoms with Crippen molar-refractivity contribution in [3.05, 3.63) is 89.8 Å². The van der Waals surface area contributed by atoms with Gasteiger partial charge in [-0.05, 0) is 66.6 Å². The Morgan fingerprint density at radius 2 is 1.97 bits per heavy atom. The number of ether oxygens (including phenoxy) is 2. The van der Waals surface area contributed by atoms with Crippen LogP contribution >= 0.6 is 0 Å². The van der Waals surface area contributed by atoms with Crippen LogP contribution in [0.4, 0.5) is 15.8 Å². The smallest absolute Gasteiger partial charge is 0.265 e. The minimum Gasteiger partial charge on any atom is -0.492 e. The van der Waals surface area contributed by atoms with E-state index in [4.69, 9.17) is 9.47 Å². The zero-order chi connectivity index (χ0) is 23.2. The molecule has 0 aromatic heterocycles. The van der Waals surface area contributed by atoms with Crippen molar-refractivity contribution in [2.45, 2.75) is 6.92 Å². The molecule has 4 rings (SSSR count). The van der Waals surface area contributed by atoms with E-state index >= 15 is 0 Å². The Bertz CT molecular complexity index is 1190. The lowest BCUT2D eigenvalue weighted by Crippen LogP contribution is -2.41. The summed E-state index contributed by atoms with van der Waals surface area (Å²) in [6.07, 6.45) is 2.95. The highest BCUT2D eigenvalue weighted by atomic mass is 19.1. The summed E-state index contributed by atoms with van der Waals surface area (Å²) in [5.41, 5.74) is 2.88. The average Bonchev–Trinajstić information content (AvgIpc) is 2.80. The van der Waals surface area contributed by atoms with E-state index in [1.807, 2.05) is 31.2 Å². The molecule has 0 atom stereocenters. The molecule has 1 N–H and O–H groups in total. The molecule has 0 unspecified atom stereocenters. The molecular weight excluding hydrogens is 423 g/mol. The molecule has 0 aliphatic carbocycles. The summed E-state index contributed by atoms with van der Waals surface area (Å²) < 4.78 is 24.3. The van der Waals surface area contributed by atoms with Crippen molar-refractivity contribution < 1.29 is 23.5 Å². The van der Waals surface area contributed by atoms with Gasteiger partial charge in [0.05, 0.1) is 12.2 Å². The van der Waals surface area contributed by atoms with Gasteiger partial charge in [-0.15, -0.1) is 0 Å². The fraction of sp³-hybridized carbons (Fsp3) is 0.154. The third-order valence-corrected chi connectivity index (χ3v) is 5.04. The number of anilines is 2. The molecule has 1 aliphatic rings. The van der Waals surface area contributed by atoms with E-state index in [1.54, 1.807) is 41.3 Å². The number of nitrogens with zero attached hydrogens (tertiary/aromatic N) is 1. The van der Waals surface area contributed by atoms with E-state index in [1.165, 1.54) is 18.2 Å². The maximum Gasteiger partial charge on any atom is 0.265 e. The Hall–Kier alpha value is -4.13. The first-order valence-corrected chi connectivity index (χ1v) is 10.5. The lowest BCUT2D eigenvalue weighted by Gasteiger charge is -2.29. The van der Waals surface area contributed by atoms with Gasteiger partial charge in [-0.1, -0.05) is 24.3 Å². The van der Waals surface area contributed by atoms with Crippen LogP contribution in [0.25, 0.3) is 6.08 Å². The maximum atomic E-state index is 13.0. The van der Waals surface area contributed by atoms with Crippen molar-refractivity contribution in [1.29, 1.82) is 0 Å². The van der Waals surface area contributed by atoms with Crippen LogP contribution < -0.4 is 19.7 Å². The van der Waals surface area contributed by atoms with Crippen LogP contribution in [0.3, 0.4) is 0 Å². The van der Waals surface area contributed by atoms with Crippen molar-refractivity contribution in [2.24, 2.45) is 0 Å². The van der Waals surface area contributed by atoms with Crippen molar-refractivity contribution >= 4 is 29.3 Å². The second-order valence-electron chi connectivity index (χ2n) is 7.56. The third-order valence-electron chi connectivity index (χ3n) is 5.04. The minimum absolute atomic E-state index is 0.0520. The number of aryl methyl sites for hydroxylation is 1. The van der Waals surface area contributed by atoms with E-state index in [2.05, 4.69) is 5.32 Å². The van der Waals surface area contributed by atoms with Crippen LogP contribution in [0, 0.1) is 12.7 Å². The number of carbonyl (C=O) groups is 2. The van der Waals surface area contributed by atoms with Crippen molar-refractivity contribution in [3.63, 3.8) is 0 Å². The first-order chi connectivity index (χ1) is 16.0. The molecule has 0 radical (unpaired) electrons. The zero-order valence-corrected chi connectivity index (χ0v) is 18.1. The number of hydrogen-bond donors (Lipinski definition) is 1. The molecule has 168 valence electrons. The molecule has 0 bridgehead atoms. The maximum absolute atomic E-state index is 13.0. The van der Waals surface area contributed by atoms with Crippen molar-refractivity contribution in [3.8, 4) is 11.5 Å². The Kier molecular flexibility index (Phi) is 6.69. The largest absolute Gasteiger partial charge is 0.492 e. The highest BCUT2D eigenvalue weighted by Crippen LogP contribution is 2.34. The molecule has 0 spiro atoms. The summed E-state index contributed by atoms with van der Waals surface area (Å²) in [4.78, 5) is 26.4. The number of amides is 2. The molecular formula is C26H23FN2O4. The number of halogens is 1. The topological polar surface area (TPSA) is 67.9 Å². The van der Waals surface area contributed by atoms with Gasteiger partial charge in [-0.2, -0.15) is 0 Å². The van der Waals surface area contributed by atoms with Gasteiger partial charge in [0.2, 0.25) is 5.91 Å². The standard InChI is InChI=1S/C26H23FN2O4/c1-18-3-2-4-22(15-18)32-14-13-29-23-16-21(10-11-24(23)33-17-26(29)31)28-25(30)12-7-19-5-8-20(27)9-6-19/h2-12,15-16H,13-14,17H2,1H3,(H,28,30)/b12-7+. The summed E-state index contributed by atoms with van der Waals surface area (Å²) in [5, 5.41) is 2.77. The van der Waals surface area contributed by atoms with Gasteiger partial charge in [0.25, 0.3) is 5.91 Å². The monoisotopic (exact) mass is 446 g/mol. The fourth-order valence-corrected chi connectivity index (χ4v) is 3.41. The lowest BCUT2D eigenvalue weighted by molar-refractivity contribution is -0.121. The molecule has 3 aromatic rings. The van der Waals surface area contributed by atoms with Gasteiger partial charge in [0.15, 0.2) is 6.61 Å². The lowest BCUT2D eigenvalue weighted by atomic mass is 10.2. The molecule has 0 saturated heterocycles. The number of hydrogen-bond acceptors (Lipinski definition) is 4. The average molecular weight is 446 g/mol. The molecule has 2 amide bonds. The van der Waals surface area contributed by atoms with Gasteiger partial charge >= 0.3 is 0 Å². The second-order valence-corrected chi connectivity index (χ2v) is 7.56. The second kappa shape index (κ2) is 9.99. The van der Waals surface area contributed by atoms with Gasteiger partial charge in [-0.25, -0.2) is 4.39 Å². The predicted molar refractivity (Wildman–Crippen MR) is 125 cm³/mol. The zero-order valence-electron chi connectivity index (χ0n) is 18.1. The minimum atomic E-state index is -0.350. The molecule has 7 heteroatoms. The predicted octanol–water partition coefficient (Wildman–Crippen LogP) is 4.59. The first-order valence-electron chi connectivity index (χ1n) is 10.5. The number of nitrogens with one attached hydrogen (secondary N) is 1. The van der Waals surface area contributed by atoms with Crippen molar-refractivity contribution in [2.75, 3.05) is 30.0 Å². The summed E-state index contributed by atoms with van der Waals surface area (Å²) in [5.74, 6) is 0.429. The van der Waals surface area contributed by atoms with Crippen LogP contribution in [-0.4, -0.2) is 31.6 Å². The van der Waals surface area contributed by atoms with Gasteiger partial charge < -0.3 is 19.7 Å². The normalized spacial score (nSPS) is 12.9. The number of carbonyl (C=O) groups excluding carboxylic acids is 2. The molecule has 3 aromatic carbocycles. The van der Waals surface area contributed by atoms with Gasteiger partial charge in [0, 0.05) is 11.8 Å². The van der Waals surface area contributed by atoms with Gasteiger partial charge in [-0.3, -0.25) is 9.59 Å². The first kappa shape index (κ1) is 22.1. The Morgan fingerprint density at radius 3 is 2.76 bits per heavy atom. The van der Waals surface area contributed by atoms with Crippen molar-refractivity contribution in [1.82, 2.24) is 0 Å². The van der Waals surface area contributed by atoms with Crippen LogP contribution in [0.5, 0.6) is 11.5 Å². The summed E-state index contributed by atoms with van der Waals surface area (Å²) in [7, 11) is 0. The molecule has 1 aliphatic heterocycles. The SMILES string of the molecule is Cc1cccc(OCCN2C(=O)COc3ccc(NC(=O)/C=C/c4ccc(F)cc4)cc32)c1. The number of benzene rings is 3. The number of fused-ring (bicyclic) bond motifs is 1. The van der Waals surface area contributed by atoms with E-state index in [9.17, 15) is 14.0 Å². The summed E-state index contributed by atoms with van der Waals surface area (Å²) in [6, 6.07) is 18.6. The molecule has 0 fully saturated rings. The molecule has 0 saturated carbocycles. The van der Waals surface area contributed by atoms with Crippen LogP contribution in [-0.2, 0) is 9.59 Å². The molecule has 6 nitrogen and oxygen atoms in total. The van der Waals surface area contributed by atoms with Crippen LogP contribution in [0.1, 0.15) is 11.1 Å². The third kappa shape index (κ3) is 5.77. The van der Waals surface area contributed by atoms with Gasteiger partial charge in [0.1, 0.15) is 23.9 Å². The highest BCUT2D eigenvalue weighted by Gasteiger charge is 2.26. The quantitative estimate of drug-likeness (QED) is 0.539. The summed E-state index contributed by atoms with van der Waals surface area (Å²) in [6.45, 7) is 2.58. The van der Waals surface area contributed by atoms with Crippen LogP contribution in [0.15, 0.2) is 72.8 Å². The summed E-state index contributed by atoms with van der Waals surface area (Å²) >= 11 is 0. The molecule has 1 heterocycles. The van der Waals surface area contributed by atoms with E-state index in [0.29, 0.717) is 35.8 Å². The molecule has 33 heavy (non-hydrogen) atoms. The Balaban J connectivity index is 1.42. The van der Waals surface area contributed by atoms with E-state index in [0.717, 1.165) is 11.3 Å². The highest BCUT2D eigenvalue weighted by molar-refractivity contribution is 6.03. The Morgan fingerprint density at radius 1 is 1.15 bits per heavy atom. The Labute approximate surface area is 191 Å².